The first-order valence-electron chi connectivity index (χ1n) is 7.58. The minimum Gasteiger partial charge on any atom is -0.490 e. The van der Waals surface area contributed by atoms with Crippen molar-refractivity contribution in [3.05, 3.63) is 36.0 Å². The second-order valence-electron chi connectivity index (χ2n) is 5.60. The third-order valence-corrected chi connectivity index (χ3v) is 4.15. The number of benzene rings is 1. The maximum atomic E-state index is 6.27. The Bertz CT molecular complexity index is 615. The number of pyridine rings is 1. The molecule has 0 spiro atoms. The number of aromatic nitrogens is 1. The lowest BCUT2D eigenvalue weighted by atomic mass is 9.95. The molecule has 21 heavy (non-hydrogen) atoms. The van der Waals surface area contributed by atoms with Gasteiger partial charge in [-0.05, 0) is 31.4 Å². The van der Waals surface area contributed by atoms with E-state index < -0.39 is 0 Å². The van der Waals surface area contributed by atoms with Crippen molar-refractivity contribution in [3.8, 4) is 5.75 Å². The summed E-state index contributed by atoms with van der Waals surface area (Å²) in [5, 5.41) is 1.05. The molecule has 2 unspecified atom stereocenters. The zero-order valence-electron chi connectivity index (χ0n) is 12.4. The largest absolute Gasteiger partial charge is 0.490 e. The lowest BCUT2D eigenvalue weighted by molar-refractivity contribution is 0.0214. The number of nitrogens with two attached hydrogens (primary N) is 1. The Hall–Kier alpha value is -1.65. The highest BCUT2D eigenvalue weighted by Gasteiger charge is 2.23. The maximum Gasteiger partial charge on any atom is 0.130 e. The number of hydrogen-bond acceptors (Lipinski definition) is 4. The van der Waals surface area contributed by atoms with Crippen LogP contribution in [0, 0.1) is 0 Å². The maximum absolute atomic E-state index is 6.27. The van der Waals surface area contributed by atoms with Gasteiger partial charge in [-0.15, -0.1) is 0 Å². The first-order valence-corrected chi connectivity index (χ1v) is 7.58. The molecule has 0 amide bonds. The van der Waals surface area contributed by atoms with Crippen molar-refractivity contribution >= 4 is 10.9 Å². The molecule has 1 fully saturated rings. The first-order chi connectivity index (χ1) is 10.3. The van der Waals surface area contributed by atoms with Crippen molar-refractivity contribution in [1.82, 2.24) is 4.98 Å². The summed E-state index contributed by atoms with van der Waals surface area (Å²) in [6.07, 6.45) is 4.82. The number of para-hydroxylation sites is 1. The highest BCUT2D eigenvalue weighted by molar-refractivity contribution is 5.85. The lowest BCUT2D eigenvalue weighted by Crippen LogP contribution is -2.29. The third kappa shape index (κ3) is 3.17. The Morgan fingerprint density at radius 2 is 2.05 bits per heavy atom. The van der Waals surface area contributed by atoms with E-state index in [9.17, 15) is 0 Å². The minimum absolute atomic E-state index is 0.208. The van der Waals surface area contributed by atoms with Crippen LogP contribution in [0.4, 0.5) is 0 Å². The van der Waals surface area contributed by atoms with E-state index in [-0.39, 0.29) is 6.10 Å². The Morgan fingerprint density at radius 3 is 2.86 bits per heavy atom. The topological polar surface area (TPSA) is 57.4 Å². The quantitative estimate of drug-likeness (QED) is 0.938. The third-order valence-electron chi connectivity index (χ3n) is 4.15. The van der Waals surface area contributed by atoms with Crippen LogP contribution in [-0.2, 0) is 11.3 Å². The molecule has 1 aliphatic carbocycles. The van der Waals surface area contributed by atoms with E-state index in [0.717, 1.165) is 48.0 Å². The van der Waals surface area contributed by atoms with Gasteiger partial charge in [-0.1, -0.05) is 12.1 Å². The summed E-state index contributed by atoms with van der Waals surface area (Å²) < 4.78 is 11.7. The fourth-order valence-corrected chi connectivity index (χ4v) is 3.00. The molecule has 2 atom stereocenters. The van der Waals surface area contributed by atoms with E-state index in [2.05, 4.69) is 11.1 Å². The molecule has 1 aromatic heterocycles. The number of rotatable bonds is 4. The van der Waals surface area contributed by atoms with E-state index >= 15 is 0 Å². The Kier molecular flexibility index (Phi) is 4.36. The van der Waals surface area contributed by atoms with Crippen LogP contribution >= 0.6 is 0 Å². The summed E-state index contributed by atoms with van der Waals surface area (Å²) in [5.74, 6) is 0.891. The second kappa shape index (κ2) is 6.41. The average molecular weight is 286 g/mol. The molecule has 1 aromatic carbocycles. The molecule has 112 valence electrons. The van der Waals surface area contributed by atoms with E-state index in [4.69, 9.17) is 15.2 Å². The molecule has 0 saturated heterocycles. The van der Waals surface area contributed by atoms with Crippen LogP contribution < -0.4 is 10.5 Å². The molecule has 1 aliphatic rings. The standard InChI is InChI=1S/C17H22N2O2/c1-20-13-5-4-6-14(10-13)21-17-9-12(11-18)19-16-8-3-2-7-15(16)17/h2-3,7-9,13-14H,4-6,10-11,18H2,1H3. The van der Waals surface area contributed by atoms with E-state index in [1.165, 1.54) is 0 Å². The zero-order chi connectivity index (χ0) is 14.7. The number of nitrogens with zero attached hydrogens (tertiary/aromatic N) is 1. The molecule has 4 heteroatoms. The molecular formula is C17H22N2O2. The number of methoxy groups -OCH3 is 1. The first kappa shape index (κ1) is 14.3. The van der Waals surface area contributed by atoms with Gasteiger partial charge in [0.25, 0.3) is 0 Å². The van der Waals surface area contributed by atoms with Gasteiger partial charge in [-0.3, -0.25) is 4.98 Å². The Labute approximate surface area is 125 Å². The molecule has 2 aromatic rings. The van der Waals surface area contributed by atoms with Crippen molar-refractivity contribution in [1.29, 1.82) is 0 Å². The fraction of sp³-hybridized carbons (Fsp3) is 0.471. The van der Waals surface area contributed by atoms with Gasteiger partial charge in [0, 0.05) is 31.5 Å². The second-order valence-corrected chi connectivity index (χ2v) is 5.60. The lowest BCUT2D eigenvalue weighted by Gasteiger charge is -2.29. The fourth-order valence-electron chi connectivity index (χ4n) is 3.00. The molecule has 2 N–H and O–H groups in total. The van der Waals surface area contributed by atoms with Crippen molar-refractivity contribution in [2.75, 3.05) is 7.11 Å². The summed E-state index contributed by atoms with van der Waals surface area (Å²) in [7, 11) is 1.78. The zero-order valence-corrected chi connectivity index (χ0v) is 12.4. The van der Waals surface area contributed by atoms with Crippen molar-refractivity contribution in [2.24, 2.45) is 5.73 Å². The van der Waals surface area contributed by atoms with E-state index in [1.807, 2.05) is 24.3 Å². The smallest absolute Gasteiger partial charge is 0.130 e. The molecule has 4 nitrogen and oxygen atoms in total. The Morgan fingerprint density at radius 1 is 1.24 bits per heavy atom. The van der Waals surface area contributed by atoms with Gasteiger partial charge >= 0.3 is 0 Å². The van der Waals surface area contributed by atoms with Crippen molar-refractivity contribution in [3.63, 3.8) is 0 Å². The van der Waals surface area contributed by atoms with Crippen LogP contribution in [0.2, 0.25) is 0 Å². The molecular weight excluding hydrogens is 264 g/mol. The monoisotopic (exact) mass is 286 g/mol. The minimum atomic E-state index is 0.208. The van der Waals surface area contributed by atoms with Crippen LogP contribution in [-0.4, -0.2) is 24.3 Å². The van der Waals surface area contributed by atoms with E-state index in [0.29, 0.717) is 12.6 Å². The Balaban J connectivity index is 1.88. The SMILES string of the molecule is COC1CCCC(Oc2cc(CN)nc3ccccc23)C1. The molecule has 1 heterocycles. The predicted octanol–water partition coefficient (Wildman–Crippen LogP) is 3.03. The molecule has 1 saturated carbocycles. The number of fused-ring (bicyclic) bond motifs is 1. The number of ether oxygens (including phenoxy) is 2. The van der Waals surface area contributed by atoms with Gasteiger partial charge in [0.1, 0.15) is 11.9 Å². The van der Waals surface area contributed by atoms with Crippen LogP contribution in [0.5, 0.6) is 5.75 Å². The van der Waals surface area contributed by atoms with Crippen LogP contribution in [0.25, 0.3) is 10.9 Å². The summed E-state index contributed by atoms with van der Waals surface area (Å²) >= 11 is 0. The van der Waals surface area contributed by atoms with Gasteiger partial charge < -0.3 is 15.2 Å². The average Bonchev–Trinajstić information content (AvgIpc) is 2.55. The van der Waals surface area contributed by atoms with Gasteiger partial charge in [0.2, 0.25) is 0 Å². The van der Waals surface area contributed by atoms with E-state index in [1.54, 1.807) is 7.11 Å². The predicted molar refractivity (Wildman–Crippen MR) is 83.3 cm³/mol. The van der Waals surface area contributed by atoms with Crippen LogP contribution in [0.1, 0.15) is 31.4 Å². The van der Waals surface area contributed by atoms with Gasteiger partial charge in [0.05, 0.1) is 17.3 Å². The highest BCUT2D eigenvalue weighted by atomic mass is 16.5. The molecule has 0 radical (unpaired) electrons. The van der Waals surface area contributed by atoms with Gasteiger partial charge in [0.15, 0.2) is 0 Å². The van der Waals surface area contributed by atoms with Crippen LogP contribution in [0.3, 0.4) is 0 Å². The molecule has 0 bridgehead atoms. The number of hydrogen-bond donors (Lipinski definition) is 1. The van der Waals surface area contributed by atoms with Crippen LogP contribution in [0.15, 0.2) is 30.3 Å². The molecule has 3 rings (SSSR count). The van der Waals surface area contributed by atoms with Gasteiger partial charge in [-0.25, -0.2) is 0 Å². The normalized spacial score (nSPS) is 22.4. The highest BCUT2D eigenvalue weighted by Crippen LogP contribution is 2.30. The summed E-state index contributed by atoms with van der Waals surface area (Å²) in [4.78, 5) is 4.55. The summed E-state index contributed by atoms with van der Waals surface area (Å²) in [6, 6.07) is 10.0. The van der Waals surface area contributed by atoms with Crippen molar-refractivity contribution < 1.29 is 9.47 Å². The molecule has 0 aliphatic heterocycles. The van der Waals surface area contributed by atoms with Gasteiger partial charge in [-0.2, -0.15) is 0 Å². The summed E-state index contributed by atoms with van der Waals surface area (Å²) in [5.41, 5.74) is 7.55. The van der Waals surface area contributed by atoms with Crippen molar-refractivity contribution in [2.45, 2.75) is 44.4 Å². The summed E-state index contributed by atoms with van der Waals surface area (Å²) in [6.45, 7) is 0.423.